The molecule has 8 heterocycles. The van der Waals surface area contributed by atoms with Crippen molar-refractivity contribution in [3.63, 3.8) is 0 Å². The van der Waals surface area contributed by atoms with Gasteiger partial charge in [0.25, 0.3) is 0 Å². The second-order valence-electron chi connectivity index (χ2n) is 9.93. The third-order valence-corrected chi connectivity index (χ3v) is 6.97. The summed E-state index contributed by atoms with van der Waals surface area (Å²) in [5.74, 6) is 0. The van der Waals surface area contributed by atoms with Crippen molar-refractivity contribution in [3.05, 3.63) is 153 Å². The van der Waals surface area contributed by atoms with E-state index >= 15 is 0 Å². The molecule has 0 N–H and O–H groups in total. The Balaban J connectivity index is 0.000000132. The maximum atomic E-state index is 4.76. The maximum Gasteiger partial charge on any atom is 2.00 e. The van der Waals surface area contributed by atoms with Crippen molar-refractivity contribution < 1.29 is 19.5 Å². The van der Waals surface area contributed by atoms with Crippen LogP contribution in [-0.2, 0) is 19.5 Å². The minimum absolute atomic E-state index is 0. The quantitative estimate of drug-likeness (QED) is 0.103. The molecule has 0 aliphatic heterocycles. The smallest absolute Gasteiger partial charge is 0.255 e. The summed E-state index contributed by atoms with van der Waals surface area (Å²) >= 11 is 0. The van der Waals surface area contributed by atoms with Gasteiger partial charge in [0.1, 0.15) is 11.0 Å². The number of benzene rings is 1. The third-order valence-electron chi connectivity index (χ3n) is 6.97. The van der Waals surface area contributed by atoms with Crippen LogP contribution in [0.2, 0.25) is 0 Å². The Hall–Kier alpha value is -5.99. The minimum Gasteiger partial charge on any atom is -0.255 e. The summed E-state index contributed by atoms with van der Waals surface area (Å²) in [6, 6.07) is 34.8. The molecule has 9 nitrogen and oxygen atoms in total. The summed E-state index contributed by atoms with van der Waals surface area (Å²) in [6.07, 6.45) is 12.3. The van der Waals surface area contributed by atoms with Crippen LogP contribution in [0.1, 0.15) is 0 Å². The van der Waals surface area contributed by atoms with Crippen LogP contribution >= 0.6 is 0 Å². The van der Waals surface area contributed by atoms with E-state index in [1.54, 1.807) is 43.4 Å². The fourth-order valence-corrected chi connectivity index (χ4v) is 4.90. The third kappa shape index (κ3) is 6.98. The van der Waals surface area contributed by atoms with Crippen molar-refractivity contribution in [1.29, 1.82) is 0 Å². The Bertz CT molecular complexity index is 2120. The minimum atomic E-state index is 0. The predicted octanol–water partition coefficient (Wildman–Crippen LogP) is 7.56. The number of aromatic nitrogens is 9. The van der Waals surface area contributed by atoms with Crippen LogP contribution in [0.4, 0.5) is 0 Å². The average Bonchev–Trinajstić information content (AvgIpc) is 3.16. The summed E-state index contributed by atoms with van der Waals surface area (Å²) in [6.45, 7) is 0. The maximum absolute atomic E-state index is 4.76. The molecule has 0 spiro atoms. The van der Waals surface area contributed by atoms with Gasteiger partial charge in [0.2, 0.25) is 0 Å². The summed E-state index contributed by atoms with van der Waals surface area (Å²) in [5.41, 5.74) is 8.43. The second-order valence-corrected chi connectivity index (χ2v) is 9.93. The van der Waals surface area contributed by atoms with Gasteiger partial charge in [-0.15, -0.1) is 0 Å². The summed E-state index contributed by atoms with van der Waals surface area (Å²) in [4.78, 5) is 39.5. The van der Waals surface area contributed by atoms with Gasteiger partial charge in [0.15, 0.2) is 5.65 Å². The fraction of sp³-hybridized carbons (Fsp3) is 0. The summed E-state index contributed by atoms with van der Waals surface area (Å²) < 4.78 is 0. The first-order valence-electron chi connectivity index (χ1n) is 14.5. The molecule has 1 aromatic carbocycles. The molecule has 0 aliphatic carbocycles. The van der Waals surface area contributed by atoms with Gasteiger partial charge in [-0.25, -0.2) is 15.0 Å². The largest absolute Gasteiger partial charge is 2.00 e. The zero-order valence-electron chi connectivity index (χ0n) is 24.8. The number of hydrogen-bond acceptors (Lipinski definition) is 9. The molecule has 9 rings (SSSR count). The fourth-order valence-electron chi connectivity index (χ4n) is 4.90. The standard InChI is InChI=1S/C17H9N5.2C10H8N2.Ru/c1-4-10-13(18-7-1)14-11(5-2-8-19-14)16-15(10)21-12-6-3-9-20-17(12)22-16;2*1-3-7-11-9(5-1)10-6-2-4-8-12-10;/h1-9H;2*1-8H;/q;;;+2. The van der Waals surface area contributed by atoms with E-state index in [1.165, 1.54) is 0 Å². The zero-order valence-corrected chi connectivity index (χ0v) is 26.6. The predicted molar refractivity (Wildman–Crippen MR) is 180 cm³/mol. The zero-order chi connectivity index (χ0) is 31.0. The van der Waals surface area contributed by atoms with Crippen molar-refractivity contribution in [1.82, 2.24) is 44.9 Å². The van der Waals surface area contributed by atoms with E-state index in [-0.39, 0.29) is 19.5 Å². The van der Waals surface area contributed by atoms with E-state index in [0.29, 0.717) is 5.65 Å². The molecule has 0 bridgehead atoms. The normalized spacial score (nSPS) is 10.4. The molecule has 47 heavy (non-hydrogen) atoms. The van der Waals surface area contributed by atoms with Crippen LogP contribution < -0.4 is 0 Å². The van der Waals surface area contributed by atoms with Gasteiger partial charge >= 0.3 is 19.5 Å². The molecule has 0 atom stereocenters. The molecule has 0 radical (unpaired) electrons. The van der Waals surface area contributed by atoms with Crippen LogP contribution in [0.5, 0.6) is 0 Å². The van der Waals surface area contributed by atoms with Crippen molar-refractivity contribution in [2.24, 2.45) is 0 Å². The van der Waals surface area contributed by atoms with Crippen molar-refractivity contribution in [3.8, 4) is 22.8 Å². The van der Waals surface area contributed by atoms with Gasteiger partial charge in [0.05, 0.1) is 39.3 Å². The molecule has 0 saturated carbocycles. The topological polar surface area (TPSA) is 116 Å². The number of nitrogens with zero attached hydrogens (tertiary/aromatic N) is 9. The molecule has 0 aliphatic rings. The number of hydrogen-bond donors (Lipinski definition) is 0. The molecule has 0 saturated heterocycles. The van der Waals surface area contributed by atoms with E-state index in [1.807, 2.05) is 109 Å². The Morgan fingerprint density at radius 2 is 0.681 bits per heavy atom. The van der Waals surface area contributed by atoms with Crippen molar-refractivity contribution in [2.75, 3.05) is 0 Å². The monoisotopic (exact) mass is 697 g/mol. The SMILES string of the molecule is [Ru+2].c1ccc(-c2ccccn2)nc1.c1ccc(-c2ccccn2)nc1.c1cnc2nc3c4cccnc4c4ncccc4c3nc2c1. The number of fused-ring (bicyclic) bond motifs is 7. The molecular weight excluding hydrogens is 672 g/mol. The van der Waals surface area contributed by atoms with Gasteiger partial charge in [-0.1, -0.05) is 24.3 Å². The van der Waals surface area contributed by atoms with E-state index in [9.17, 15) is 0 Å². The first-order chi connectivity index (χ1) is 22.8. The average molecular weight is 697 g/mol. The van der Waals surface area contributed by atoms with Gasteiger partial charge in [-0.2, -0.15) is 0 Å². The molecule has 0 fully saturated rings. The molecule has 8 aromatic heterocycles. The van der Waals surface area contributed by atoms with E-state index in [2.05, 4.69) is 34.9 Å². The summed E-state index contributed by atoms with van der Waals surface area (Å²) in [7, 11) is 0. The Morgan fingerprint density at radius 3 is 1.11 bits per heavy atom. The van der Waals surface area contributed by atoms with Gasteiger partial charge in [-0.3, -0.25) is 29.9 Å². The molecule has 9 aromatic rings. The molecule has 0 unspecified atom stereocenters. The van der Waals surface area contributed by atoms with Crippen molar-refractivity contribution >= 4 is 44.0 Å². The Labute approximate surface area is 282 Å². The van der Waals surface area contributed by atoms with E-state index < -0.39 is 0 Å². The molecular formula is C37H25N9Ru+2. The van der Waals surface area contributed by atoms with Crippen molar-refractivity contribution in [2.45, 2.75) is 0 Å². The van der Waals surface area contributed by atoms with Gasteiger partial charge in [0, 0.05) is 54.2 Å². The van der Waals surface area contributed by atoms with Crippen LogP contribution in [-0.4, -0.2) is 44.9 Å². The van der Waals surface area contributed by atoms with Crippen LogP contribution in [0, 0.1) is 0 Å². The second kappa shape index (κ2) is 14.9. The number of rotatable bonds is 2. The molecule has 224 valence electrons. The van der Waals surface area contributed by atoms with E-state index in [0.717, 1.165) is 61.1 Å². The van der Waals surface area contributed by atoms with Crippen LogP contribution in [0.15, 0.2) is 153 Å². The van der Waals surface area contributed by atoms with Crippen LogP contribution in [0.25, 0.3) is 66.8 Å². The summed E-state index contributed by atoms with van der Waals surface area (Å²) in [5, 5.41) is 1.91. The molecule has 0 amide bonds. The van der Waals surface area contributed by atoms with Gasteiger partial charge < -0.3 is 0 Å². The Kier molecular flexibility index (Phi) is 9.81. The van der Waals surface area contributed by atoms with Gasteiger partial charge in [-0.05, 0) is 84.9 Å². The van der Waals surface area contributed by atoms with E-state index in [4.69, 9.17) is 9.97 Å². The first-order valence-corrected chi connectivity index (χ1v) is 14.5. The number of pyridine rings is 7. The first kappa shape index (κ1) is 31.0. The molecule has 10 heteroatoms. The van der Waals surface area contributed by atoms with Crippen LogP contribution in [0.3, 0.4) is 0 Å². The Morgan fingerprint density at radius 1 is 0.298 bits per heavy atom.